The maximum Gasteiger partial charge on any atom is 0.240 e. The molecule has 0 fully saturated rings. The lowest BCUT2D eigenvalue weighted by atomic mass is 9.98. The van der Waals surface area contributed by atoms with Crippen molar-refractivity contribution < 1.29 is 21.6 Å². The van der Waals surface area contributed by atoms with Crippen LogP contribution in [-0.2, 0) is 20.0 Å². The normalized spacial score (nSPS) is 13.3. The summed E-state index contributed by atoms with van der Waals surface area (Å²) in [5.74, 6) is 0.670. The Balaban J connectivity index is 1.57. The second-order valence-electron chi connectivity index (χ2n) is 8.17. The quantitative estimate of drug-likeness (QED) is 0.400. The number of rotatable bonds is 11. The van der Waals surface area contributed by atoms with Gasteiger partial charge in [-0.3, -0.25) is 0 Å². The van der Waals surface area contributed by atoms with Crippen molar-refractivity contribution in [3.63, 3.8) is 0 Å². The molecule has 3 rings (SSSR count). The van der Waals surface area contributed by atoms with E-state index in [1.165, 1.54) is 0 Å². The van der Waals surface area contributed by atoms with Crippen LogP contribution in [0, 0.1) is 0 Å². The molecule has 0 heterocycles. The average Bonchev–Trinajstić information content (AvgIpc) is 2.80. The molecule has 0 bridgehead atoms. The van der Waals surface area contributed by atoms with E-state index in [0.29, 0.717) is 12.3 Å². The number of hydrogen-bond acceptors (Lipinski definition) is 5. The zero-order chi connectivity index (χ0) is 24.1. The minimum atomic E-state index is -3.55. The minimum absolute atomic E-state index is 0.0245. The van der Waals surface area contributed by atoms with Crippen LogP contribution in [0.3, 0.4) is 0 Å². The molecule has 7 nitrogen and oxygen atoms in total. The predicted octanol–water partition coefficient (Wildman–Crippen LogP) is 3.63. The molecule has 0 aliphatic rings. The maximum atomic E-state index is 12.2. The van der Waals surface area contributed by atoms with Crippen molar-refractivity contribution in [1.82, 2.24) is 9.44 Å². The molecule has 0 saturated heterocycles. The highest BCUT2D eigenvalue weighted by molar-refractivity contribution is 7.90. The van der Waals surface area contributed by atoms with Crippen LogP contribution in [0.5, 0.6) is 5.75 Å². The van der Waals surface area contributed by atoms with Gasteiger partial charge in [-0.05, 0) is 60.4 Å². The van der Waals surface area contributed by atoms with Crippen LogP contribution in [0.15, 0.2) is 71.6 Å². The van der Waals surface area contributed by atoms with Crippen molar-refractivity contribution in [1.29, 1.82) is 0 Å². The Hall–Kier alpha value is -2.46. The zero-order valence-electron chi connectivity index (χ0n) is 19.0. The van der Waals surface area contributed by atoms with E-state index < -0.39 is 25.3 Å². The molecule has 3 aromatic rings. The van der Waals surface area contributed by atoms with Crippen LogP contribution >= 0.6 is 0 Å². The summed E-state index contributed by atoms with van der Waals surface area (Å²) in [6.45, 7) is 5.98. The number of nitrogens with one attached hydrogen (secondary N) is 2. The molecular weight excluding hydrogens is 460 g/mol. The Bertz CT molecular complexity index is 1290. The third-order valence-electron chi connectivity index (χ3n) is 5.33. The number of ether oxygens (including phenoxy) is 1. The SMILES string of the molecule is CC(CNS(=O)(=O)C(C)C)c1ccc2cc(OCCNS(=O)(=O)c3ccccc3)ccc2c1. The highest BCUT2D eigenvalue weighted by Gasteiger charge is 2.17. The van der Waals surface area contributed by atoms with E-state index in [1.807, 2.05) is 43.3 Å². The fraction of sp³-hybridized carbons (Fsp3) is 0.333. The Labute approximate surface area is 196 Å². The summed E-state index contributed by atoms with van der Waals surface area (Å²) >= 11 is 0. The molecule has 0 spiro atoms. The largest absolute Gasteiger partial charge is 0.492 e. The average molecular weight is 491 g/mol. The van der Waals surface area contributed by atoms with Crippen molar-refractivity contribution in [3.05, 3.63) is 72.3 Å². The molecule has 0 amide bonds. The molecule has 1 atom stereocenters. The Morgan fingerprint density at radius 2 is 1.48 bits per heavy atom. The molecule has 0 aromatic heterocycles. The summed E-state index contributed by atoms with van der Waals surface area (Å²) in [4.78, 5) is 0.220. The van der Waals surface area contributed by atoms with Gasteiger partial charge in [-0.15, -0.1) is 0 Å². The van der Waals surface area contributed by atoms with E-state index >= 15 is 0 Å². The zero-order valence-corrected chi connectivity index (χ0v) is 20.6. The van der Waals surface area contributed by atoms with Gasteiger partial charge in [-0.25, -0.2) is 26.3 Å². The van der Waals surface area contributed by atoms with Crippen LogP contribution in [0.2, 0.25) is 0 Å². The van der Waals surface area contributed by atoms with Gasteiger partial charge in [0.05, 0.1) is 10.1 Å². The van der Waals surface area contributed by atoms with Crippen molar-refractivity contribution in [3.8, 4) is 5.75 Å². The van der Waals surface area contributed by atoms with Gasteiger partial charge in [0.1, 0.15) is 12.4 Å². The van der Waals surface area contributed by atoms with Crippen molar-refractivity contribution in [2.45, 2.75) is 36.8 Å². The lowest BCUT2D eigenvalue weighted by Crippen LogP contribution is -2.33. The number of fused-ring (bicyclic) bond motifs is 1. The molecule has 33 heavy (non-hydrogen) atoms. The lowest BCUT2D eigenvalue weighted by molar-refractivity contribution is 0.323. The molecule has 178 valence electrons. The number of sulfonamides is 2. The Kier molecular flexibility index (Phi) is 8.12. The van der Waals surface area contributed by atoms with Crippen LogP contribution in [0.4, 0.5) is 0 Å². The molecule has 2 N–H and O–H groups in total. The molecule has 3 aromatic carbocycles. The van der Waals surface area contributed by atoms with Crippen molar-refractivity contribution in [2.24, 2.45) is 0 Å². The van der Waals surface area contributed by atoms with Gasteiger partial charge < -0.3 is 4.74 Å². The standard InChI is InChI=1S/C24H30N2O5S2/c1-18(2)32(27,28)26-17-19(3)20-9-10-22-16-23(12-11-21(22)15-20)31-14-13-25-33(29,30)24-7-5-4-6-8-24/h4-12,15-16,18-19,25-26H,13-14,17H2,1-3H3. The van der Waals surface area contributed by atoms with Gasteiger partial charge in [0.2, 0.25) is 20.0 Å². The van der Waals surface area contributed by atoms with E-state index in [9.17, 15) is 16.8 Å². The second kappa shape index (κ2) is 10.6. The molecule has 0 aliphatic heterocycles. The summed E-state index contributed by atoms with van der Waals surface area (Å²) in [6.07, 6.45) is 0. The predicted molar refractivity (Wildman–Crippen MR) is 132 cm³/mol. The molecule has 0 radical (unpaired) electrons. The topological polar surface area (TPSA) is 102 Å². The summed E-state index contributed by atoms with van der Waals surface area (Å²) in [5.41, 5.74) is 1.04. The summed E-state index contributed by atoms with van der Waals surface area (Å²) in [5, 5.41) is 1.53. The van der Waals surface area contributed by atoms with Gasteiger partial charge in [0.15, 0.2) is 0 Å². The van der Waals surface area contributed by atoms with Gasteiger partial charge in [-0.1, -0.05) is 49.4 Å². The molecule has 9 heteroatoms. The Morgan fingerprint density at radius 1 is 0.818 bits per heavy atom. The fourth-order valence-electron chi connectivity index (χ4n) is 3.19. The highest BCUT2D eigenvalue weighted by Crippen LogP contribution is 2.25. The van der Waals surface area contributed by atoms with Gasteiger partial charge in [0.25, 0.3) is 0 Å². The Morgan fingerprint density at radius 3 is 2.18 bits per heavy atom. The van der Waals surface area contributed by atoms with E-state index in [-0.39, 0.29) is 24.0 Å². The summed E-state index contributed by atoms with van der Waals surface area (Å²) in [6, 6.07) is 19.9. The van der Waals surface area contributed by atoms with E-state index in [0.717, 1.165) is 16.3 Å². The third kappa shape index (κ3) is 6.77. The first-order valence-corrected chi connectivity index (χ1v) is 13.8. The molecule has 0 aliphatic carbocycles. The first-order valence-electron chi connectivity index (χ1n) is 10.8. The minimum Gasteiger partial charge on any atom is -0.492 e. The van der Waals surface area contributed by atoms with E-state index in [1.54, 1.807) is 44.2 Å². The fourth-order valence-corrected chi connectivity index (χ4v) is 5.04. The van der Waals surface area contributed by atoms with Crippen LogP contribution in [0.1, 0.15) is 32.3 Å². The van der Waals surface area contributed by atoms with E-state index in [4.69, 9.17) is 4.74 Å². The number of hydrogen-bond donors (Lipinski definition) is 2. The van der Waals surface area contributed by atoms with Gasteiger partial charge >= 0.3 is 0 Å². The van der Waals surface area contributed by atoms with E-state index in [2.05, 4.69) is 9.44 Å². The third-order valence-corrected chi connectivity index (χ3v) is 8.62. The highest BCUT2D eigenvalue weighted by atomic mass is 32.2. The monoisotopic (exact) mass is 490 g/mol. The van der Waals surface area contributed by atoms with Crippen LogP contribution in [0.25, 0.3) is 10.8 Å². The maximum absolute atomic E-state index is 12.2. The molecule has 0 saturated carbocycles. The van der Waals surface area contributed by atoms with Crippen molar-refractivity contribution in [2.75, 3.05) is 19.7 Å². The lowest BCUT2D eigenvalue weighted by Gasteiger charge is -2.16. The first-order chi connectivity index (χ1) is 15.6. The smallest absolute Gasteiger partial charge is 0.240 e. The van der Waals surface area contributed by atoms with Crippen LogP contribution in [-0.4, -0.2) is 41.8 Å². The van der Waals surface area contributed by atoms with Crippen LogP contribution < -0.4 is 14.2 Å². The molecular formula is C24H30N2O5S2. The number of benzene rings is 3. The summed E-state index contributed by atoms with van der Waals surface area (Å²) < 4.78 is 59.4. The summed E-state index contributed by atoms with van der Waals surface area (Å²) in [7, 11) is -6.85. The van der Waals surface area contributed by atoms with Gasteiger partial charge in [0, 0.05) is 13.1 Å². The van der Waals surface area contributed by atoms with Gasteiger partial charge in [-0.2, -0.15) is 0 Å². The first kappa shape index (κ1) is 25.2. The second-order valence-corrected chi connectivity index (χ2v) is 12.3. The van der Waals surface area contributed by atoms with Crippen molar-refractivity contribution >= 4 is 30.8 Å². The molecule has 1 unspecified atom stereocenters.